The number of pyridine rings is 1. The molecule has 4 N–H and O–H groups in total. The number of nitrogens with one attached hydrogen (secondary N) is 2. The van der Waals surface area contributed by atoms with Crippen LogP contribution in [0.2, 0.25) is 0 Å². The van der Waals surface area contributed by atoms with Gasteiger partial charge in [0.15, 0.2) is 0 Å². The highest BCUT2D eigenvalue weighted by Crippen LogP contribution is 2.06. The van der Waals surface area contributed by atoms with Crippen LogP contribution < -0.4 is 16.6 Å². The summed E-state index contributed by atoms with van der Waals surface area (Å²) in [6, 6.07) is 5.13. The van der Waals surface area contributed by atoms with Gasteiger partial charge in [0, 0.05) is 13.1 Å². The molecule has 0 bridgehead atoms. The quantitative estimate of drug-likeness (QED) is 0.512. The second-order valence-electron chi connectivity index (χ2n) is 4.36. The van der Waals surface area contributed by atoms with Crippen LogP contribution in [0.4, 0.5) is 5.82 Å². The molecule has 0 aromatic carbocycles. The Morgan fingerprint density at radius 3 is 2.89 bits per heavy atom. The van der Waals surface area contributed by atoms with Crippen molar-refractivity contribution in [1.29, 1.82) is 0 Å². The minimum absolute atomic E-state index is 0.161. The number of anilines is 1. The van der Waals surface area contributed by atoms with Crippen molar-refractivity contribution in [2.45, 2.75) is 12.8 Å². The second-order valence-corrected chi connectivity index (χ2v) is 4.36. The number of nitrogen functional groups attached to an aromatic ring is 1. The smallest absolute Gasteiger partial charge is 0.270 e. The van der Waals surface area contributed by atoms with Crippen molar-refractivity contribution in [3.63, 3.8) is 0 Å². The van der Waals surface area contributed by atoms with E-state index in [1.165, 1.54) is 12.8 Å². The van der Waals surface area contributed by atoms with E-state index in [9.17, 15) is 4.79 Å². The highest BCUT2D eigenvalue weighted by atomic mass is 16.1. The zero-order valence-electron chi connectivity index (χ0n) is 10.4. The van der Waals surface area contributed by atoms with Crippen molar-refractivity contribution >= 4 is 11.7 Å². The number of nitrogens with zero attached hydrogens (tertiary/aromatic N) is 2. The molecule has 98 valence electrons. The number of rotatable bonds is 5. The fourth-order valence-electron chi connectivity index (χ4n) is 2.07. The number of nitrogens with two attached hydrogens (primary N) is 1. The molecule has 0 atom stereocenters. The Kier molecular flexibility index (Phi) is 4.49. The number of hydrogen-bond donors (Lipinski definition) is 3. The van der Waals surface area contributed by atoms with Crippen LogP contribution in [0, 0.1) is 0 Å². The van der Waals surface area contributed by atoms with E-state index < -0.39 is 0 Å². The summed E-state index contributed by atoms with van der Waals surface area (Å²) in [4.78, 5) is 18.3. The first kappa shape index (κ1) is 12.8. The molecule has 2 heterocycles. The second kappa shape index (κ2) is 6.32. The minimum atomic E-state index is -0.161. The molecular formula is C12H19N5O. The molecule has 1 aliphatic rings. The molecule has 0 aliphatic carbocycles. The van der Waals surface area contributed by atoms with Crippen molar-refractivity contribution in [3.8, 4) is 0 Å². The van der Waals surface area contributed by atoms with Crippen LogP contribution in [0.3, 0.4) is 0 Å². The van der Waals surface area contributed by atoms with E-state index in [-0.39, 0.29) is 5.91 Å². The molecule has 0 saturated carbocycles. The van der Waals surface area contributed by atoms with Gasteiger partial charge in [-0.25, -0.2) is 10.8 Å². The lowest BCUT2D eigenvalue weighted by Gasteiger charge is -2.14. The SMILES string of the molecule is NNc1cccc(C(=O)NCCN2CCCC2)n1. The Morgan fingerprint density at radius 2 is 2.17 bits per heavy atom. The Hall–Kier alpha value is -1.66. The molecule has 1 aromatic heterocycles. The van der Waals surface area contributed by atoms with Gasteiger partial charge in [-0.3, -0.25) is 4.79 Å². The lowest BCUT2D eigenvalue weighted by Crippen LogP contribution is -2.33. The van der Waals surface area contributed by atoms with Crippen molar-refractivity contribution in [2.75, 3.05) is 31.6 Å². The highest BCUT2D eigenvalue weighted by Gasteiger charge is 2.12. The third-order valence-corrected chi connectivity index (χ3v) is 3.04. The Bertz CT molecular complexity index is 403. The van der Waals surface area contributed by atoms with Crippen LogP contribution in [0.1, 0.15) is 23.3 Å². The van der Waals surface area contributed by atoms with Crippen LogP contribution in [0.15, 0.2) is 18.2 Å². The van der Waals surface area contributed by atoms with E-state index in [4.69, 9.17) is 5.84 Å². The molecule has 1 aliphatic heterocycles. The van der Waals surface area contributed by atoms with Crippen molar-refractivity contribution in [2.24, 2.45) is 5.84 Å². The average Bonchev–Trinajstić information content (AvgIpc) is 2.92. The number of likely N-dealkylation sites (tertiary alicyclic amines) is 1. The van der Waals surface area contributed by atoms with Gasteiger partial charge in [-0.2, -0.15) is 0 Å². The Labute approximate surface area is 107 Å². The summed E-state index contributed by atoms with van der Waals surface area (Å²) in [5, 5.41) is 2.87. The lowest BCUT2D eigenvalue weighted by molar-refractivity contribution is 0.0945. The number of carbonyl (C=O) groups excluding carboxylic acids is 1. The monoisotopic (exact) mass is 249 g/mol. The van der Waals surface area contributed by atoms with Crippen LogP contribution in [0.25, 0.3) is 0 Å². The normalized spacial score (nSPS) is 15.6. The summed E-state index contributed by atoms with van der Waals surface area (Å²) >= 11 is 0. The molecular weight excluding hydrogens is 230 g/mol. The van der Waals surface area contributed by atoms with Gasteiger partial charge >= 0.3 is 0 Å². The molecule has 1 fully saturated rings. The van der Waals surface area contributed by atoms with Gasteiger partial charge in [-0.05, 0) is 38.1 Å². The summed E-state index contributed by atoms with van der Waals surface area (Å²) in [5.74, 6) is 5.58. The maximum absolute atomic E-state index is 11.8. The van der Waals surface area contributed by atoms with Crippen LogP contribution in [-0.2, 0) is 0 Å². The van der Waals surface area contributed by atoms with E-state index >= 15 is 0 Å². The maximum atomic E-state index is 11.8. The van der Waals surface area contributed by atoms with Crippen molar-refractivity contribution in [1.82, 2.24) is 15.2 Å². The van der Waals surface area contributed by atoms with Crippen LogP contribution in [0.5, 0.6) is 0 Å². The van der Waals surface area contributed by atoms with E-state index in [0.29, 0.717) is 18.1 Å². The number of carbonyl (C=O) groups is 1. The summed E-state index contributed by atoms with van der Waals surface area (Å²) < 4.78 is 0. The molecule has 0 spiro atoms. The molecule has 6 nitrogen and oxygen atoms in total. The highest BCUT2D eigenvalue weighted by molar-refractivity contribution is 5.92. The van der Waals surface area contributed by atoms with Crippen LogP contribution in [-0.4, -0.2) is 42.0 Å². The number of amides is 1. The largest absolute Gasteiger partial charge is 0.349 e. The van der Waals surface area contributed by atoms with E-state index in [1.807, 2.05) is 0 Å². The van der Waals surface area contributed by atoms with Gasteiger partial charge in [0.05, 0.1) is 0 Å². The van der Waals surface area contributed by atoms with Crippen LogP contribution >= 0.6 is 0 Å². The predicted molar refractivity (Wildman–Crippen MR) is 70.1 cm³/mol. The fourth-order valence-corrected chi connectivity index (χ4v) is 2.07. The van der Waals surface area contributed by atoms with Gasteiger partial charge < -0.3 is 15.6 Å². The predicted octanol–water partition coefficient (Wildman–Crippen LogP) is 0.193. The minimum Gasteiger partial charge on any atom is -0.349 e. The summed E-state index contributed by atoms with van der Waals surface area (Å²) in [7, 11) is 0. The molecule has 2 rings (SSSR count). The zero-order chi connectivity index (χ0) is 12.8. The first-order chi connectivity index (χ1) is 8.79. The first-order valence-corrected chi connectivity index (χ1v) is 6.24. The molecule has 1 amide bonds. The van der Waals surface area contributed by atoms with Gasteiger partial charge in [0.2, 0.25) is 0 Å². The molecule has 0 radical (unpaired) electrons. The first-order valence-electron chi connectivity index (χ1n) is 6.24. The van der Waals surface area contributed by atoms with Crippen molar-refractivity contribution in [3.05, 3.63) is 23.9 Å². The third kappa shape index (κ3) is 3.41. The fraction of sp³-hybridized carbons (Fsp3) is 0.500. The van der Waals surface area contributed by atoms with Gasteiger partial charge in [0.25, 0.3) is 5.91 Å². The lowest BCUT2D eigenvalue weighted by atomic mass is 10.3. The van der Waals surface area contributed by atoms with Gasteiger partial charge in [0.1, 0.15) is 11.5 Å². The number of aromatic nitrogens is 1. The Morgan fingerprint density at radius 1 is 1.39 bits per heavy atom. The number of hydrogen-bond acceptors (Lipinski definition) is 5. The molecule has 1 aromatic rings. The molecule has 1 saturated heterocycles. The standard InChI is InChI=1S/C12H19N5O/c13-16-11-5-3-4-10(15-11)12(18)14-6-9-17-7-1-2-8-17/h3-5H,1-2,6-9,13H2,(H,14,18)(H,15,16). The van der Waals surface area contributed by atoms with E-state index in [0.717, 1.165) is 19.6 Å². The Balaban J connectivity index is 1.79. The molecule has 0 unspecified atom stereocenters. The van der Waals surface area contributed by atoms with E-state index in [1.54, 1.807) is 18.2 Å². The zero-order valence-corrected chi connectivity index (χ0v) is 10.4. The molecule has 6 heteroatoms. The average molecular weight is 249 g/mol. The van der Waals surface area contributed by atoms with Gasteiger partial charge in [-0.15, -0.1) is 0 Å². The van der Waals surface area contributed by atoms with E-state index in [2.05, 4.69) is 20.6 Å². The van der Waals surface area contributed by atoms with Gasteiger partial charge in [-0.1, -0.05) is 6.07 Å². The number of hydrazine groups is 1. The summed E-state index contributed by atoms with van der Waals surface area (Å²) in [5.41, 5.74) is 2.81. The summed E-state index contributed by atoms with van der Waals surface area (Å²) in [6.45, 7) is 3.84. The van der Waals surface area contributed by atoms with Crippen molar-refractivity contribution < 1.29 is 4.79 Å². The third-order valence-electron chi connectivity index (χ3n) is 3.04. The topological polar surface area (TPSA) is 83.3 Å². The summed E-state index contributed by atoms with van der Waals surface area (Å²) in [6.07, 6.45) is 2.53. The molecule has 18 heavy (non-hydrogen) atoms. The maximum Gasteiger partial charge on any atom is 0.270 e.